The van der Waals surface area contributed by atoms with Crippen LogP contribution in [-0.2, 0) is 0 Å². The second kappa shape index (κ2) is 4.06. The molecule has 0 spiro atoms. The average molecular weight is 253 g/mol. The molecule has 1 aliphatic carbocycles. The zero-order valence-corrected chi connectivity index (χ0v) is 10.5. The maximum absolute atomic E-state index is 3.71. The molecule has 1 aliphatic rings. The first kappa shape index (κ1) is 10.2. The predicted molar refractivity (Wildman–Crippen MR) is 65.2 cm³/mol. The van der Waals surface area contributed by atoms with E-state index in [0.29, 0.717) is 0 Å². The fourth-order valence-corrected chi connectivity index (χ4v) is 3.19. The van der Waals surface area contributed by atoms with E-state index >= 15 is 0 Å². The molecule has 0 saturated heterocycles. The van der Waals surface area contributed by atoms with Gasteiger partial charge < -0.3 is 0 Å². The number of benzene rings is 1. The topological polar surface area (TPSA) is 0 Å². The second-order valence-electron chi connectivity index (χ2n) is 4.53. The maximum atomic E-state index is 3.71. The van der Waals surface area contributed by atoms with Gasteiger partial charge in [-0.25, -0.2) is 0 Å². The van der Waals surface area contributed by atoms with E-state index in [1.807, 2.05) is 0 Å². The molecule has 1 fully saturated rings. The van der Waals surface area contributed by atoms with Gasteiger partial charge in [0.05, 0.1) is 0 Å². The third kappa shape index (κ3) is 2.20. The average Bonchev–Trinajstić information content (AvgIpc) is 2.50. The van der Waals surface area contributed by atoms with Crippen molar-refractivity contribution in [1.29, 1.82) is 0 Å². The number of alkyl halides is 1. The molecule has 0 radical (unpaired) electrons. The molecule has 76 valence electrons. The zero-order valence-electron chi connectivity index (χ0n) is 8.89. The maximum Gasteiger partial charge on any atom is 0.0151 e. The van der Waals surface area contributed by atoms with Crippen molar-refractivity contribution >= 4 is 15.9 Å². The first-order valence-electron chi connectivity index (χ1n) is 5.37. The molecule has 1 aromatic rings. The Morgan fingerprint density at radius 2 is 1.71 bits per heavy atom. The van der Waals surface area contributed by atoms with Gasteiger partial charge in [0.2, 0.25) is 0 Å². The standard InChI is InChI=1S/C13H17Br/c1-9-5-10(2)7-12(6-9)11-3-4-13(14)8-11/h5-7,11,13H,3-4,8H2,1-2H3. The Morgan fingerprint density at radius 1 is 1.07 bits per heavy atom. The molecule has 2 rings (SSSR count). The Bertz CT molecular complexity index is 310. The highest BCUT2D eigenvalue weighted by atomic mass is 79.9. The Kier molecular flexibility index (Phi) is 2.96. The minimum Gasteiger partial charge on any atom is -0.0890 e. The Hall–Kier alpha value is -0.300. The summed E-state index contributed by atoms with van der Waals surface area (Å²) >= 11 is 3.71. The fraction of sp³-hybridized carbons (Fsp3) is 0.538. The molecule has 0 bridgehead atoms. The van der Waals surface area contributed by atoms with Gasteiger partial charge in [-0.05, 0) is 44.6 Å². The normalized spacial score (nSPS) is 26.8. The molecular weight excluding hydrogens is 236 g/mol. The van der Waals surface area contributed by atoms with Crippen LogP contribution in [0.25, 0.3) is 0 Å². The lowest BCUT2D eigenvalue weighted by Crippen LogP contribution is -1.95. The van der Waals surface area contributed by atoms with E-state index < -0.39 is 0 Å². The third-order valence-electron chi connectivity index (χ3n) is 3.08. The van der Waals surface area contributed by atoms with E-state index in [4.69, 9.17) is 0 Å². The summed E-state index contributed by atoms with van der Waals surface area (Å²) in [5, 5.41) is 0. The lowest BCUT2D eigenvalue weighted by atomic mass is 9.94. The van der Waals surface area contributed by atoms with Crippen LogP contribution in [0.4, 0.5) is 0 Å². The van der Waals surface area contributed by atoms with Gasteiger partial charge in [-0.15, -0.1) is 0 Å². The van der Waals surface area contributed by atoms with Crippen LogP contribution in [0.3, 0.4) is 0 Å². The lowest BCUT2D eigenvalue weighted by Gasteiger charge is -2.11. The molecule has 1 aromatic carbocycles. The van der Waals surface area contributed by atoms with Crippen molar-refractivity contribution in [2.75, 3.05) is 0 Å². The first-order valence-corrected chi connectivity index (χ1v) is 6.29. The molecule has 2 atom stereocenters. The molecule has 1 saturated carbocycles. The highest BCUT2D eigenvalue weighted by molar-refractivity contribution is 9.09. The number of halogens is 1. The van der Waals surface area contributed by atoms with E-state index in [-0.39, 0.29) is 0 Å². The van der Waals surface area contributed by atoms with Gasteiger partial charge in [0.15, 0.2) is 0 Å². The van der Waals surface area contributed by atoms with Crippen molar-refractivity contribution in [3.8, 4) is 0 Å². The fourth-order valence-electron chi connectivity index (χ4n) is 2.47. The van der Waals surface area contributed by atoms with Crippen LogP contribution < -0.4 is 0 Å². The molecule has 0 nitrogen and oxygen atoms in total. The van der Waals surface area contributed by atoms with Crippen molar-refractivity contribution in [2.45, 2.75) is 43.9 Å². The van der Waals surface area contributed by atoms with Crippen LogP contribution in [0.2, 0.25) is 0 Å². The monoisotopic (exact) mass is 252 g/mol. The minimum atomic E-state index is 0.744. The quantitative estimate of drug-likeness (QED) is 0.653. The Balaban J connectivity index is 2.23. The van der Waals surface area contributed by atoms with Crippen LogP contribution in [0.1, 0.15) is 41.9 Å². The summed E-state index contributed by atoms with van der Waals surface area (Å²) in [5.74, 6) is 0.790. The van der Waals surface area contributed by atoms with Crippen LogP contribution >= 0.6 is 15.9 Å². The van der Waals surface area contributed by atoms with Crippen LogP contribution in [0, 0.1) is 13.8 Å². The zero-order chi connectivity index (χ0) is 10.1. The van der Waals surface area contributed by atoms with E-state index in [2.05, 4.69) is 48.0 Å². The van der Waals surface area contributed by atoms with Gasteiger partial charge in [0.1, 0.15) is 0 Å². The largest absolute Gasteiger partial charge is 0.0890 e. The van der Waals surface area contributed by atoms with Crippen LogP contribution in [-0.4, -0.2) is 4.83 Å². The van der Waals surface area contributed by atoms with Crippen molar-refractivity contribution in [3.05, 3.63) is 34.9 Å². The molecule has 14 heavy (non-hydrogen) atoms. The highest BCUT2D eigenvalue weighted by Gasteiger charge is 2.23. The molecule has 0 heterocycles. The van der Waals surface area contributed by atoms with Crippen molar-refractivity contribution < 1.29 is 0 Å². The Morgan fingerprint density at radius 3 is 2.21 bits per heavy atom. The molecule has 2 unspecified atom stereocenters. The lowest BCUT2D eigenvalue weighted by molar-refractivity contribution is 0.724. The summed E-state index contributed by atoms with van der Waals surface area (Å²) in [5.41, 5.74) is 4.35. The van der Waals surface area contributed by atoms with Gasteiger partial charge in [-0.2, -0.15) is 0 Å². The smallest absolute Gasteiger partial charge is 0.0151 e. The van der Waals surface area contributed by atoms with Crippen LogP contribution in [0.5, 0.6) is 0 Å². The highest BCUT2D eigenvalue weighted by Crippen LogP contribution is 2.38. The van der Waals surface area contributed by atoms with Gasteiger partial charge in [0, 0.05) is 4.83 Å². The van der Waals surface area contributed by atoms with Gasteiger partial charge in [-0.3, -0.25) is 0 Å². The third-order valence-corrected chi connectivity index (χ3v) is 3.92. The summed E-state index contributed by atoms with van der Waals surface area (Å²) in [6, 6.07) is 6.95. The SMILES string of the molecule is Cc1cc(C)cc(C2CCC(Br)C2)c1. The predicted octanol–water partition coefficient (Wildman–Crippen LogP) is 4.33. The summed E-state index contributed by atoms with van der Waals surface area (Å²) in [7, 11) is 0. The van der Waals surface area contributed by atoms with Crippen LogP contribution in [0.15, 0.2) is 18.2 Å². The molecule has 0 aliphatic heterocycles. The first-order chi connectivity index (χ1) is 6.65. The van der Waals surface area contributed by atoms with E-state index in [1.165, 1.54) is 30.4 Å². The van der Waals surface area contributed by atoms with Crippen molar-refractivity contribution in [1.82, 2.24) is 0 Å². The van der Waals surface area contributed by atoms with Gasteiger partial charge >= 0.3 is 0 Å². The number of rotatable bonds is 1. The summed E-state index contributed by atoms with van der Waals surface area (Å²) < 4.78 is 0. The summed E-state index contributed by atoms with van der Waals surface area (Å²) in [4.78, 5) is 0.744. The molecular formula is C13H17Br. The Labute approximate surface area is 94.8 Å². The van der Waals surface area contributed by atoms with E-state index in [0.717, 1.165) is 10.7 Å². The molecule has 0 N–H and O–H groups in total. The summed E-state index contributed by atoms with van der Waals surface area (Å²) in [6.45, 7) is 4.38. The van der Waals surface area contributed by atoms with Gasteiger partial charge in [0.25, 0.3) is 0 Å². The number of hydrogen-bond donors (Lipinski definition) is 0. The van der Waals surface area contributed by atoms with E-state index in [9.17, 15) is 0 Å². The number of aryl methyl sites for hydroxylation is 2. The molecule has 0 aromatic heterocycles. The number of hydrogen-bond acceptors (Lipinski definition) is 0. The molecule has 1 heteroatoms. The summed E-state index contributed by atoms with van der Waals surface area (Å²) in [6.07, 6.45) is 3.99. The molecule has 0 amide bonds. The van der Waals surface area contributed by atoms with Gasteiger partial charge in [-0.1, -0.05) is 45.3 Å². The van der Waals surface area contributed by atoms with Crippen molar-refractivity contribution in [3.63, 3.8) is 0 Å². The van der Waals surface area contributed by atoms with E-state index in [1.54, 1.807) is 5.56 Å². The minimum absolute atomic E-state index is 0.744. The van der Waals surface area contributed by atoms with Crippen molar-refractivity contribution in [2.24, 2.45) is 0 Å². The second-order valence-corrected chi connectivity index (χ2v) is 5.82.